The molecule has 1 fully saturated rings. The molecule has 1 unspecified atom stereocenters. The predicted molar refractivity (Wildman–Crippen MR) is 140 cm³/mol. The molecule has 10 heteroatoms. The molecule has 0 spiro atoms. The molecule has 3 heterocycles. The first-order chi connectivity index (χ1) is 17.4. The van der Waals surface area contributed by atoms with Crippen molar-refractivity contribution in [3.05, 3.63) is 75.2 Å². The molecule has 1 aliphatic heterocycles. The topological polar surface area (TPSA) is 131 Å². The van der Waals surface area contributed by atoms with Gasteiger partial charge in [-0.3, -0.25) is 14.0 Å². The van der Waals surface area contributed by atoms with Crippen LogP contribution >= 0.6 is 0 Å². The molecule has 0 saturated carbocycles. The molecule has 4 rings (SSSR count). The van der Waals surface area contributed by atoms with E-state index in [-0.39, 0.29) is 40.4 Å². The summed E-state index contributed by atoms with van der Waals surface area (Å²) in [6, 6.07) is 12.1. The van der Waals surface area contributed by atoms with E-state index in [2.05, 4.69) is 31.1 Å². The molecule has 1 aliphatic rings. The van der Waals surface area contributed by atoms with Crippen LogP contribution in [0, 0.1) is 18.3 Å². The lowest BCUT2D eigenvalue weighted by molar-refractivity contribution is -0.117. The third kappa shape index (κ3) is 5.73. The number of rotatable bonds is 5. The molecule has 0 aliphatic carbocycles. The van der Waals surface area contributed by atoms with E-state index in [0.29, 0.717) is 11.4 Å². The summed E-state index contributed by atoms with van der Waals surface area (Å²) in [4.78, 5) is 30.8. The molecule has 1 aromatic carbocycles. The van der Waals surface area contributed by atoms with Gasteiger partial charge in [0.25, 0.3) is 11.5 Å². The Bertz CT molecular complexity index is 1610. The normalized spacial score (nSPS) is 17.4. The van der Waals surface area contributed by atoms with Crippen LogP contribution in [0.4, 0.5) is 0 Å². The molecule has 1 amide bonds. The number of sulfone groups is 1. The molecule has 3 aromatic rings. The van der Waals surface area contributed by atoms with E-state index in [4.69, 9.17) is 4.74 Å². The minimum absolute atomic E-state index is 0.0230. The number of fused-ring (bicyclic) bond motifs is 1. The predicted octanol–water partition coefficient (Wildman–Crippen LogP) is 3.30. The number of hydrogen-bond acceptors (Lipinski definition) is 7. The van der Waals surface area contributed by atoms with Crippen LogP contribution in [0.3, 0.4) is 0 Å². The summed E-state index contributed by atoms with van der Waals surface area (Å²) in [5, 5.41) is 12.3. The molecule has 1 saturated heterocycles. The van der Waals surface area contributed by atoms with Crippen molar-refractivity contribution in [2.45, 2.75) is 45.6 Å². The number of nitrogens with zero attached hydrogens (tertiary/aromatic N) is 3. The van der Waals surface area contributed by atoms with Gasteiger partial charge in [0.1, 0.15) is 28.6 Å². The molecule has 1 N–H and O–H groups in total. The van der Waals surface area contributed by atoms with Crippen molar-refractivity contribution >= 4 is 27.5 Å². The molecule has 1 atom stereocenters. The summed E-state index contributed by atoms with van der Waals surface area (Å²) in [6.07, 6.45) is 2.96. The second-order valence-corrected chi connectivity index (χ2v) is 12.4. The fraction of sp³-hybridized carbons (Fsp3) is 0.333. The molecule has 9 nitrogen and oxygen atoms in total. The first-order valence-corrected chi connectivity index (χ1v) is 13.6. The van der Waals surface area contributed by atoms with Crippen LogP contribution in [0.1, 0.15) is 43.9 Å². The van der Waals surface area contributed by atoms with Gasteiger partial charge in [-0.2, -0.15) is 10.2 Å². The van der Waals surface area contributed by atoms with E-state index < -0.39 is 27.3 Å². The maximum Gasteiger partial charge on any atom is 0.269 e. The number of nitriles is 1. The Morgan fingerprint density at radius 1 is 1.24 bits per heavy atom. The van der Waals surface area contributed by atoms with Crippen LogP contribution < -0.4 is 15.6 Å². The van der Waals surface area contributed by atoms with Crippen LogP contribution in [-0.2, 0) is 20.0 Å². The summed E-state index contributed by atoms with van der Waals surface area (Å²) in [5.41, 5.74) is 1.21. The summed E-state index contributed by atoms with van der Waals surface area (Å²) < 4.78 is 30.8. The Balaban J connectivity index is 1.77. The Labute approximate surface area is 215 Å². The van der Waals surface area contributed by atoms with Gasteiger partial charge in [0, 0.05) is 12.2 Å². The summed E-state index contributed by atoms with van der Waals surface area (Å²) >= 11 is 0. The van der Waals surface area contributed by atoms with Gasteiger partial charge in [0.05, 0.1) is 11.5 Å². The molecule has 192 valence electrons. The van der Waals surface area contributed by atoms with Crippen molar-refractivity contribution in [3.8, 4) is 17.7 Å². The summed E-state index contributed by atoms with van der Waals surface area (Å²) in [7, 11) is -3.22. The second kappa shape index (κ2) is 9.82. The zero-order valence-electron chi connectivity index (χ0n) is 21.1. The van der Waals surface area contributed by atoms with Gasteiger partial charge in [0.15, 0.2) is 9.84 Å². The lowest BCUT2D eigenvalue weighted by Gasteiger charge is -2.19. The number of ether oxygens (including phenoxy) is 1. The summed E-state index contributed by atoms with van der Waals surface area (Å²) in [5.74, 6) is -0.585. The van der Waals surface area contributed by atoms with Crippen LogP contribution in [0.2, 0.25) is 0 Å². The van der Waals surface area contributed by atoms with E-state index in [1.165, 1.54) is 4.40 Å². The van der Waals surface area contributed by atoms with E-state index in [1.807, 2.05) is 31.2 Å². The first kappa shape index (κ1) is 26.1. The highest BCUT2D eigenvalue weighted by atomic mass is 32.2. The standard InChI is InChI=1S/C27H28N4O5S/c1-17-6-5-12-31-23(17)30-25(36-21-9-7-19(8-10-21)27(2,3)4)22(26(31)33)14-18(15-28)24(32)29-20-11-13-37(34,35)16-20/h5-10,12,14,20H,11,13,16H2,1-4H3,(H,29,32). The van der Waals surface area contributed by atoms with Crippen LogP contribution in [-0.4, -0.2) is 41.3 Å². The average molecular weight is 521 g/mol. The van der Waals surface area contributed by atoms with Crippen molar-refractivity contribution in [3.63, 3.8) is 0 Å². The lowest BCUT2D eigenvalue weighted by Crippen LogP contribution is -2.36. The third-order valence-corrected chi connectivity index (χ3v) is 7.97. The molecular formula is C27H28N4O5S. The number of aromatic nitrogens is 2. The van der Waals surface area contributed by atoms with Crippen LogP contribution in [0.15, 0.2) is 53.0 Å². The quantitative estimate of drug-likeness (QED) is 0.403. The van der Waals surface area contributed by atoms with E-state index in [1.54, 1.807) is 24.4 Å². The number of carbonyl (C=O) groups excluding carboxylic acids is 1. The Kier molecular flexibility index (Phi) is 6.93. The smallest absolute Gasteiger partial charge is 0.269 e. The average Bonchev–Trinajstić information content (AvgIpc) is 3.17. The molecule has 0 bridgehead atoms. The number of carbonyl (C=O) groups is 1. The number of aryl methyl sites for hydroxylation is 1. The number of hydrogen-bond donors (Lipinski definition) is 1. The van der Waals surface area contributed by atoms with Gasteiger partial charge < -0.3 is 10.1 Å². The van der Waals surface area contributed by atoms with Crippen molar-refractivity contribution in [2.24, 2.45) is 0 Å². The largest absolute Gasteiger partial charge is 0.438 e. The molecule has 37 heavy (non-hydrogen) atoms. The van der Waals surface area contributed by atoms with Gasteiger partial charge >= 0.3 is 0 Å². The van der Waals surface area contributed by atoms with Crippen molar-refractivity contribution in [1.29, 1.82) is 5.26 Å². The van der Waals surface area contributed by atoms with Gasteiger partial charge in [-0.05, 0) is 54.2 Å². The third-order valence-electron chi connectivity index (χ3n) is 6.21. The number of benzene rings is 1. The second-order valence-electron chi connectivity index (χ2n) is 10.1. The van der Waals surface area contributed by atoms with Crippen molar-refractivity contribution in [1.82, 2.24) is 14.7 Å². The number of pyridine rings is 1. The van der Waals surface area contributed by atoms with Gasteiger partial charge in [-0.1, -0.05) is 39.0 Å². The summed E-state index contributed by atoms with van der Waals surface area (Å²) in [6.45, 7) is 8.09. The van der Waals surface area contributed by atoms with Crippen LogP contribution in [0.25, 0.3) is 11.7 Å². The van der Waals surface area contributed by atoms with Gasteiger partial charge in [-0.15, -0.1) is 0 Å². The minimum Gasteiger partial charge on any atom is -0.438 e. The Morgan fingerprint density at radius 2 is 1.95 bits per heavy atom. The zero-order chi connectivity index (χ0) is 27.0. The fourth-order valence-electron chi connectivity index (χ4n) is 4.09. The fourth-order valence-corrected chi connectivity index (χ4v) is 5.77. The maximum atomic E-state index is 13.5. The highest BCUT2D eigenvalue weighted by Gasteiger charge is 2.30. The van der Waals surface area contributed by atoms with E-state index in [9.17, 15) is 23.3 Å². The van der Waals surface area contributed by atoms with Gasteiger partial charge in [0.2, 0.25) is 5.88 Å². The SMILES string of the molecule is Cc1cccn2c(=O)c(C=C(C#N)C(=O)NC3CCS(=O)(=O)C3)c(Oc3ccc(C(C)(C)C)cc3)nc12. The number of nitrogens with one attached hydrogen (secondary N) is 1. The zero-order valence-corrected chi connectivity index (χ0v) is 21.9. The Morgan fingerprint density at radius 3 is 2.54 bits per heavy atom. The number of amides is 1. The molecule has 2 aromatic heterocycles. The minimum atomic E-state index is -3.22. The first-order valence-electron chi connectivity index (χ1n) is 11.8. The van der Waals surface area contributed by atoms with Crippen molar-refractivity contribution in [2.75, 3.05) is 11.5 Å². The highest BCUT2D eigenvalue weighted by molar-refractivity contribution is 7.91. The molecule has 0 radical (unpaired) electrons. The van der Waals surface area contributed by atoms with Gasteiger partial charge in [-0.25, -0.2) is 8.42 Å². The Hall–Kier alpha value is -3.97. The maximum absolute atomic E-state index is 13.5. The van der Waals surface area contributed by atoms with Crippen LogP contribution in [0.5, 0.6) is 11.6 Å². The lowest BCUT2D eigenvalue weighted by atomic mass is 9.87. The van der Waals surface area contributed by atoms with E-state index >= 15 is 0 Å². The molecular weight excluding hydrogens is 492 g/mol. The van der Waals surface area contributed by atoms with Crippen molar-refractivity contribution < 1.29 is 17.9 Å². The van der Waals surface area contributed by atoms with E-state index in [0.717, 1.165) is 17.2 Å². The highest BCUT2D eigenvalue weighted by Crippen LogP contribution is 2.28. The monoisotopic (exact) mass is 520 g/mol.